The van der Waals surface area contributed by atoms with E-state index in [0.717, 1.165) is 32.4 Å². The van der Waals surface area contributed by atoms with Crippen LogP contribution < -0.4 is 0 Å². The number of rotatable bonds is 4. The van der Waals surface area contributed by atoms with E-state index in [2.05, 4.69) is 26.8 Å². The van der Waals surface area contributed by atoms with Gasteiger partial charge in [-0.15, -0.1) is 0 Å². The minimum atomic E-state index is 0.291. The fourth-order valence-corrected chi connectivity index (χ4v) is 3.48. The lowest BCUT2D eigenvalue weighted by Gasteiger charge is -2.31. The Morgan fingerprint density at radius 2 is 2.30 bits per heavy atom. The van der Waals surface area contributed by atoms with Gasteiger partial charge in [0.1, 0.15) is 0 Å². The third-order valence-electron chi connectivity index (χ3n) is 4.01. The van der Waals surface area contributed by atoms with Crippen molar-refractivity contribution in [2.45, 2.75) is 31.6 Å². The predicted molar refractivity (Wildman–Crippen MR) is 79.8 cm³/mol. The second kappa shape index (κ2) is 6.22. The van der Waals surface area contributed by atoms with E-state index in [1.807, 2.05) is 11.1 Å². The largest absolute Gasteiger partial charge is 0.348 e. The lowest BCUT2D eigenvalue weighted by molar-refractivity contribution is -0.132. The first-order valence-electron chi connectivity index (χ1n) is 7.10. The molecule has 1 aliphatic rings. The number of H-pyrrole nitrogens is 1. The quantitative estimate of drug-likeness (QED) is 0.941. The smallest absolute Gasteiger partial charge is 0.222 e. The molecule has 0 unspecified atom stereocenters. The third-order valence-corrected chi connectivity index (χ3v) is 4.75. The Morgan fingerprint density at radius 3 is 2.95 bits per heavy atom. The number of carbonyl (C=O) groups excluding carboxylic acids is 1. The molecule has 5 heteroatoms. The molecule has 1 saturated heterocycles. The molecule has 1 amide bonds. The van der Waals surface area contributed by atoms with Crippen LogP contribution in [0.15, 0.2) is 29.4 Å². The highest BCUT2D eigenvalue weighted by Gasteiger charge is 2.24. The van der Waals surface area contributed by atoms with Gasteiger partial charge in [0.25, 0.3) is 0 Å². The van der Waals surface area contributed by atoms with Gasteiger partial charge in [-0.2, -0.15) is 11.3 Å². The fourth-order valence-electron chi connectivity index (χ4n) is 2.77. The van der Waals surface area contributed by atoms with Crippen molar-refractivity contribution in [3.63, 3.8) is 0 Å². The number of likely N-dealkylation sites (tertiary alicyclic amines) is 1. The SMILES string of the molecule is O=C(CCc1ccsc1)N1CCC(c2cnc[nH]2)CC1. The van der Waals surface area contributed by atoms with E-state index in [1.165, 1.54) is 11.3 Å². The number of thiophene rings is 1. The van der Waals surface area contributed by atoms with Crippen LogP contribution in [-0.4, -0.2) is 33.9 Å². The number of amides is 1. The summed E-state index contributed by atoms with van der Waals surface area (Å²) in [6.07, 6.45) is 7.19. The molecule has 2 aromatic heterocycles. The normalized spacial score (nSPS) is 16.5. The van der Waals surface area contributed by atoms with Crippen molar-refractivity contribution >= 4 is 17.2 Å². The summed E-state index contributed by atoms with van der Waals surface area (Å²) in [5, 5.41) is 4.19. The van der Waals surface area contributed by atoms with Crippen molar-refractivity contribution in [1.82, 2.24) is 14.9 Å². The number of hydrogen-bond donors (Lipinski definition) is 1. The molecule has 0 spiro atoms. The highest BCUT2D eigenvalue weighted by Crippen LogP contribution is 2.26. The van der Waals surface area contributed by atoms with Crippen molar-refractivity contribution in [3.05, 3.63) is 40.6 Å². The third kappa shape index (κ3) is 3.10. The summed E-state index contributed by atoms with van der Waals surface area (Å²) in [5.74, 6) is 0.817. The highest BCUT2D eigenvalue weighted by atomic mass is 32.1. The topological polar surface area (TPSA) is 49.0 Å². The Hall–Kier alpha value is -1.62. The van der Waals surface area contributed by atoms with Crippen LogP contribution in [0, 0.1) is 0 Å². The Balaban J connectivity index is 1.46. The molecule has 3 rings (SSSR count). The summed E-state index contributed by atoms with van der Waals surface area (Å²) in [7, 11) is 0. The number of piperidine rings is 1. The zero-order valence-electron chi connectivity index (χ0n) is 11.4. The van der Waals surface area contributed by atoms with E-state index in [9.17, 15) is 4.79 Å². The first-order chi connectivity index (χ1) is 9.83. The van der Waals surface area contributed by atoms with Crippen LogP contribution in [0.25, 0.3) is 0 Å². The van der Waals surface area contributed by atoms with Crippen LogP contribution in [0.5, 0.6) is 0 Å². The molecular formula is C15H19N3OS. The molecule has 1 N–H and O–H groups in total. The second-order valence-electron chi connectivity index (χ2n) is 5.29. The van der Waals surface area contributed by atoms with Crippen LogP contribution in [0.1, 0.15) is 36.4 Å². The monoisotopic (exact) mass is 289 g/mol. The Bertz CT molecular complexity index is 527. The van der Waals surface area contributed by atoms with Crippen molar-refractivity contribution in [2.24, 2.45) is 0 Å². The Labute approximate surface area is 122 Å². The number of nitrogens with zero attached hydrogens (tertiary/aromatic N) is 2. The molecule has 0 saturated carbocycles. The first-order valence-corrected chi connectivity index (χ1v) is 8.04. The lowest BCUT2D eigenvalue weighted by Crippen LogP contribution is -2.38. The van der Waals surface area contributed by atoms with Crippen LogP contribution in [-0.2, 0) is 11.2 Å². The van der Waals surface area contributed by atoms with Gasteiger partial charge < -0.3 is 9.88 Å². The van der Waals surface area contributed by atoms with Crippen molar-refractivity contribution < 1.29 is 4.79 Å². The van der Waals surface area contributed by atoms with Gasteiger partial charge in [0, 0.05) is 37.3 Å². The average Bonchev–Trinajstić information content (AvgIpc) is 3.18. The molecule has 106 valence electrons. The zero-order valence-corrected chi connectivity index (χ0v) is 12.2. The predicted octanol–water partition coefficient (Wildman–Crippen LogP) is 2.81. The van der Waals surface area contributed by atoms with Gasteiger partial charge in [-0.25, -0.2) is 4.98 Å². The molecular weight excluding hydrogens is 270 g/mol. The van der Waals surface area contributed by atoms with Crippen LogP contribution in [0.2, 0.25) is 0 Å². The van der Waals surface area contributed by atoms with Crippen LogP contribution in [0.4, 0.5) is 0 Å². The highest BCUT2D eigenvalue weighted by molar-refractivity contribution is 7.07. The van der Waals surface area contributed by atoms with Gasteiger partial charge in [0.15, 0.2) is 0 Å². The minimum absolute atomic E-state index is 0.291. The average molecular weight is 289 g/mol. The molecule has 1 fully saturated rings. The molecule has 4 nitrogen and oxygen atoms in total. The fraction of sp³-hybridized carbons (Fsp3) is 0.467. The van der Waals surface area contributed by atoms with Crippen LogP contribution >= 0.6 is 11.3 Å². The molecule has 3 heterocycles. The molecule has 20 heavy (non-hydrogen) atoms. The van der Waals surface area contributed by atoms with Crippen molar-refractivity contribution in [2.75, 3.05) is 13.1 Å². The summed E-state index contributed by atoms with van der Waals surface area (Å²) in [6.45, 7) is 1.73. The minimum Gasteiger partial charge on any atom is -0.348 e. The number of carbonyl (C=O) groups is 1. The number of hydrogen-bond acceptors (Lipinski definition) is 3. The van der Waals surface area contributed by atoms with Crippen molar-refractivity contribution in [1.29, 1.82) is 0 Å². The molecule has 0 bridgehead atoms. The van der Waals surface area contributed by atoms with Gasteiger partial charge in [0.2, 0.25) is 5.91 Å². The zero-order chi connectivity index (χ0) is 13.8. The lowest BCUT2D eigenvalue weighted by atomic mass is 9.94. The summed E-state index contributed by atoms with van der Waals surface area (Å²) in [6, 6.07) is 2.10. The standard InChI is InChI=1S/C15H19N3OS/c19-15(2-1-12-5-8-20-10-12)18-6-3-13(4-7-18)14-9-16-11-17-14/h5,8-11,13H,1-4,6-7H2,(H,16,17). The maximum atomic E-state index is 12.2. The van der Waals surface area contributed by atoms with E-state index in [4.69, 9.17) is 0 Å². The molecule has 0 radical (unpaired) electrons. The summed E-state index contributed by atoms with van der Waals surface area (Å²) in [5.41, 5.74) is 2.48. The van der Waals surface area contributed by atoms with Crippen molar-refractivity contribution in [3.8, 4) is 0 Å². The molecule has 0 aromatic carbocycles. The van der Waals surface area contributed by atoms with Crippen LogP contribution in [0.3, 0.4) is 0 Å². The first kappa shape index (κ1) is 13.4. The van der Waals surface area contributed by atoms with Gasteiger partial charge in [0.05, 0.1) is 6.33 Å². The number of aromatic amines is 1. The number of nitrogens with one attached hydrogen (secondary N) is 1. The summed E-state index contributed by atoms with van der Waals surface area (Å²) < 4.78 is 0. The van der Waals surface area contributed by atoms with Gasteiger partial charge in [-0.3, -0.25) is 4.79 Å². The second-order valence-corrected chi connectivity index (χ2v) is 6.07. The number of aromatic nitrogens is 2. The van der Waals surface area contributed by atoms with E-state index in [1.54, 1.807) is 17.7 Å². The molecule has 0 atom stereocenters. The molecule has 2 aromatic rings. The number of aryl methyl sites for hydroxylation is 1. The molecule has 0 aliphatic carbocycles. The molecule has 1 aliphatic heterocycles. The van der Waals surface area contributed by atoms with E-state index >= 15 is 0 Å². The maximum absolute atomic E-state index is 12.2. The van der Waals surface area contributed by atoms with E-state index in [0.29, 0.717) is 18.2 Å². The Kier molecular flexibility index (Phi) is 4.16. The maximum Gasteiger partial charge on any atom is 0.222 e. The van der Waals surface area contributed by atoms with Gasteiger partial charge >= 0.3 is 0 Å². The Morgan fingerprint density at radius 1 is 1.45 bits per heavy atom. The van der Waals surface area contributed by atoms with Gasteiger partial charge in [-0.05, 0) is 41.7 Å². The number of imidazole rings is 1. The van der Waals surface area contributed by atoms with Gasteiger partial charge in [-0.1, -0.05) is 0 Å². The summed E-state index contributed by atoms with van der Waals surface area (Å²) in [4.78, 5) is 21.5. The van der Waals surface area contributed by atoms with E-state index in [-0.39, 0.29) is 0 Å². The summed E-state index contributed by atoms with van der Waals surface area (Å²) >= 11 is 1.69. The van der Waals surface area contributed by atoms with E-state index < -0.39 is 0 Å².